The highest BCUT2D eigenvalue weighted by molar-refractivity contribution is 5.22. The molecular weight excluding hydrogens is 311 g/mol. The Balaban J connectivity index is 2.03. The molecule has 2 aromatic rings. The van der Waals surface area contributed by atoms with Crippen molar-refractivity contribution in [1.29, 1.82) is 0 Å². The molecule has 0 aliphatic carbocycles. The SMILES string of the molecule is Cc1ccc([C@@](O)(CCNCc2c(C)n[nH]c2C)C(F)(F)F)o1. The van der Waals surface area contributed by atoms with Crippen molar-refractivity contribution >= 4 is 0 Å². The molecule has 5 nitrogen and oxygen atoms in total. The van der Waals surface area contributed by atoms with Gasteiger partial charge in [-0.15, -0.1) is 0 Å². The van der Waals surface area contributed by atoms with Crippen LogP contribution in [-0.2, 0) is 12.1 Å². The summed E-state index contributed by atoms with van der Waals surface area (Å²) in [5.74, 6) is -0.166. The van der Waals surface area contributed by atoms with Crippen LogP contribution in [0.25, 0.3) is 0 Å². The van der Waals surface area contributed by atoms with Gasteiger partial charge in [0.25, 0.3) is 0 Å². The highest BCUT2D eigenvalue weighted by Gasteiger charge is 2.56. The molecule has 8 heteroatoms. The first-order chi connectivity index (χ1) is 10.6. The lowest BCUT2D eigenvalue weighted by molar-refractivity contribution is -0.274. The van der Waals surface area contributed by atoms with E-state index in [4.69, 9.17) is 4.42 Å². The van der Waals surface area contributed by atoms with Gasteiger partial charge in [-0.25, -0.2) is 0 Å². The van der Waals surface area contributed by atoms with Gasteiger partial charge in [-0.1, -0.05) is 0 Å². The van der Waals surface area contributed by atoms with Crippen LogP contribution in [0.3, 0.4) is 0 Å². The number of H-pyrrole nitrogens is 1. The minimum atomic E-state index is -4.82. The van der Waals surface area contributed by atoms with Gasteiger partial charge >= 0.3 is 6.18 Å². The Labute approximate surface area is 131 Å². The average molecular weight is 331 g/mol. The van der Waals surface area contributed by atoms with Crippen molar-refractivity contribution in [3.8, 4) is 0 Å². The number of aromatic amines is 1. The van der Waals surface area contributed by atoms with Gasteiger partial charge in [-0.3, -0.25) is 5.10 Å². The number of furan rings is 1. The van der Waals surface area contributed by atoms with Crippen LogP contribution in [0.4, 0.5) is 13.2 Å². The Hall–Kier alpha value is -1.80. The van der Waals surface area contributed by atoms with E-state index in [0.29, 0.717) is 12.3 Å². The number of hydrogen-bond acceptors (Lipinski definition) is 4. The van der Waals surface area contributed by atoms with E-state index in [1.165, 1.54) is 13.0 Å². The molecule has 0 fully saturated rings. The van der Waals surface area contributed by atoms with Crippen molar-refractivity contribution in [3.63, 3.8) is 0 Å². The Morgan fingerprint density at radius 3 is 2.43 bits per heavy atom. The lowest BCUT2D eigenvalue weighted by atomic mass is 9.95. The summed E-state index contributed by atoms with van der Waals surface area (Å²) in [7, 11) is 0. The highest BCUT2D eigenvalue weighted by Crippen LogP contribution is 2.42. The molecular formula is C15H20F3N3O2. The molecule has 0 spiro atoms. The van der Waals surface area contributed by atoms with Gasteiger partial charge in [0.15, 0.2) is 0 Å². The van der Waals surface area contributed by atoms with Crippen LogP contribution in [0, 0.1) is 20.8 Å². The van der Waals surface area contributed by atoms with Gasteiger partial charge in [-0.2, -0.15) is 18.3 Å². The Bertz CT molecular complexity index is 644. The van der Waals surface area contributed by atoms with Crippen LogP contribution in [0.5, 0.6) is 0 Å². The molecule has 2 aromatic heterocycles. The Morgan fingerprint density at radius 2 is 1.96 bits per heavy atom. The molecule has 0 unspecified atom stereocenters. The molecule has 2 heterocycles. The van der Waals surface area contributed by atoms with Crippen molar-refractivity contribution in [1.82, 2.24) is 15.5 Å². The summed E-state index contributed by atoms with van der Waals surface area (Å²) < 4.78 is 44.8. The van der Waals surface area contributed by atoms with Gasteiger partial charge in [-0.05, 0) is 39.4 Å². The van der Waals surface area contributed by atoms with Crippen LogP contribution in [0.1, 0.15) is 34.9 Å². The number of halogens is 3. The Kier molecular flexibility index (Phi) is 4.86. The second-order valence-electron chi connectivity index (χ2n) is 5.61. The number of aryl methyl sites for hydroxylation is 3. The fourth-order valence-electron chi connectivity index (χ4n) is 2.38. The van der Waals surface area contributed by atoms with E-state index in [-0.39, 0.29) is 6.54 Å². The van der Waals surface area contributed by atoms with Crippen molar-refractivity contribution in [3.05, 3.63) is 40.6 Å². The molecule has 2 rings (SSSR count). The number of alkyl halides is 3. The maximum absolute atomic E-state index is 13.3. The first kappa shape index (κ1) is 17.6. The molecule has 23 heavy (non-hydrogen) atoms. The number of nitrogens with one attached hydrogen (secondary N) is 2. The summed E-state index contributed by atoms with van der Waals surface area (Å²) in [6.07, 6.45) is -5.36. The third-order valence-electron chi connectivity index (χ3n) is 3.86. The topological polar surface area (TPSA) is 74.1 Å². The number of hydrogen-bond donors (Lipinski definition) is 3. The van der Waals surface area contributed by atoms with Gasteiger partial charge in [0.1, 0.15) is 11.5 Å². The summed E-state index contributed by atoms with van der Waals surface area (Å²) in [5.41, 5.74) is -0.436. The number of rotatable bonds is 6. The first-order valence-electron chi connectivity index (χ1n) is 7.22. The fourth-order valence-corrected chi connectivity index (χ4v) is 2.38. The van der Waals surface area contributed by atoms with Crippen molar-refractivity contribution in [2.75, 3.05) is 6.54 Å². The fraction of sp³-hybridized carbons (Fsp3) is 0.533. The molecule has 0 aliphatic heterocycles. The molecule has 0 saturated heterocycles. The quantitative estimate of drug-likeness (QED) is 0.712. The van der Waals surface area contributed by atoms with Crippen molar-refractivity contribution in [2.24, 2.45) is 0 Å². The molecule has 0 saturated carbocycles. The molecule has 0 bridgehead atoms. The third-order valence-corrected chi connectivity index (χ3v) is 3.86. The highest BCUT2D eigenvalue weighted by atomic mass is 19.4. The van der Waals surface area contributed by atoms with E-state index in [9.17, 15) is 18.3 Å². The second-order valence-corrected chi connectivity index (χ2v) is 5.61. The molecule has 1 atom stereocenters. The van der Waals surface area contributed by atoms with E-state index < -0.39 is 24.0 Å². The zero-order valence-electron chi connectivity index (χ0n) is 13.2. The van der Waals surface area contributed by atoms with Gasteiger partial charge in [0.05, 0.1) is 5.69 Å². The second kappa shape index (κ2) is 6.37. The lowest BCUT2D eigenvalue weighted by Gasteiger charge is -2.28. The summed E-state index contributed by atoms with van der Waals surface area (Å²) in [6, 6.07) is 2.56. The van der Waals surface area contributed by atoms with Crippen LogP contribution >= 0.6 is 0 Å². The summed E-state index contributed by atoms with van der Waals surface area (Å²) in [6.45, 7) is 5.54. The number of nitrogens with zero attached hydrogens (tertiary/aromatic N) is 1. The average Bonchev–Trinajstić information content (AvgIpc) is 3.02. The van der Waals surface area contributed by atoms with Crippen LogP contribution in [0.15, 0.2) is 16.5 Å². The molecule has 0 aliphatic rings. The summed E-state index contributed by atoms with van der Waals surface area (Å²) in [5, 5.41) is 19.9. The van der Waals surface area contributed by atoms with E-state index >= 15 is 0 Å². The standard InChI is InChI=1S/C15H20F3N3O2/c1-9-4-5-13(23-9)14(22,15(16,17)18)6-7-19-8-12-10(2)20-21-11(12)3/h4-5,19,22H,6-8H2,1-3H3,(H,20,21)/t14-/m0/s1. The lowest BCUT2D eigenvalue weighted by Crippen LogP contribution is -2.44. The molecule has 128 valence electrons. The summed E-state index contributed by atoms with van der Waals surface area (Å²) in [4.78, 5) is 0. The van der Waals surface area contributed by atoms with Crippen LogP contribution in [-0.4, -0.2) is 28.0 Å². The number of aliphatic hydroxyl groups is 1. The molecule has 0 aromatic carbocycles. The van der Waals surface area contributed by atoms with Gasteiger partial charge in [0.2, 0.25) is 5.60 Å². The molecule has 3 N–H and O–H groups in total. The maximum Gasteiger partial charge on any atom is 0.424 e. The van der Waals surface area contributed by atoms with Crippen LogP contribution in [0.2, 0.25) is 0 Å². The normalized spacial score (nSPS) is 14.9. The number of aromatic nitrogens is 2. The molecule has 0 radical (unpaired) electrons. The van der Waals surface area contributed by atoms with E-state index in [1.54, 1.807) is 0 Å². The zero-order valence-corrected chi connectivity index (χ0v) is 13.2. The molecule has 0 amide bonds. The van der Waals surface area contributed by atoms with E-state index in [0.717, 1.165) is 23.0 Å². The summed E-state index contributed by atoms with van der Waals surface area (Å²) >= 11 is 0. The monoisotopic (exact) mass is 331 g/mol. The largest absolute Gasteiger partial charge is 0.463 e. The van der Waals surface area contributed by atoms with Gasteiger partial charge in [0, 0.05) is 24.2 Å². The Morgan fingerprint density at radius 1 is 1.26 bits per heavy atom. The zero-order chi connectivity index (χ0) is 17.3. The smallest absolute Gasteiger partial charge is 0.424 e. The maximum atomic E-state index is 13.3. The predicted octanol–water partition coefficient (Wildman–Crippen LogP) is 2.86. The predicted molar refractivity (Wildman–Crippen MR) is 77.8 cm³/mol. The van der Waals surface area contributed by atoms with Crippen molar-refractivity contribution < 1.29 is 22.7 Å². The van der Waals surface area contributed by atoms with E-state index in [2.05, 4.69) is 15.5 Å². The van der Waals surface area contributed by atoms with Crippen molar-refractivity contribution in [2.45, 2.75) is 45.5 Å². The van der Waals surface area contributed by atoms with Gasteiger partial charge < -0.3 is 14.8 Å². The van der Waals surface area contributed by atoms with E-state index in [1.807, 2.05) is 13.8 Å². The minimum absolute atomic E-state index is 0.0280. The third kappa shape index (κ3) is 3.59. The first-order valence-corrected chi connectivity index (χ1v) is 7.22. The minimum Gasteiger partial charge on any atom is -0.463 e. The van der Waals surface area contributed by atoms with Crippen LogP contribution < -0.4 is 5.32 Å².